The van der Waals surface area contributed by atoms with Crippen LogP contribution in [0.5, 0.6) is 0 Å². The molecule has 1 fully saturated rings. The Morgan fingerprint density at radius 1 is 0.889 bits per heavy atom. The molecule has 1 aliphatic heterocycles. The first-order chi connectivity index (χ1) is 13.0. The van der Waals surface area contributed by atoms with Crippen LogP contribution in [0.1, 0.15) is 5.69 Å². The molecule has 1 aromatic carbocycles. The number of nitrogens with zero attached hydrogens (tertiary/aromatic N) is 7. The van der Waals surface area contributed by atoms with Gasteiger partial charge in [0.25, 0.3) is 0 Å². The highest BCUT2D eigenvalue weighted by Gasteiger charge is 2.20. The lowest BCUT2D eigenvalue weighted by molar-refractivity contribution is 0.640. The first kappa shape index (κ1) is 17.7. The Morgan fingerprint density at radius 2 is 1.59 bits per heavy atom. The third-order valence-electron chi connectivity index (χ3n) is 4.65. The molecule has 3 aromatic rings. The van der Waals surface area contributed by atoms with Gasteiger partial charge < -0.3 is 14.7 Å². The summed E-state index contributed by atoms with van der Waals surface area (Å²) in [5.41, 5.74) is 2.66. The van der Waals surface area contributed by atoms with Crippen molar-refractivity contribution in [2.45, 2.75) is 6.92 Å². The zero-order valence-electron chi connectivity index (χ0n) is 15.7. The van der Waals surface area contributed by atoms with Crippen LogP contribution in [-0.2, 0) is 0 Å². The fourth-order valence-corrected chi connectivity index (χ4v) is 3.36. The molecule has 4 rings (SSSR count). The van der Waals surface area contributed by atoms with Gasteiger partial charge in [0.2, 0.25) is 5.95 Å². The molecule has 0 amide bonds. The van der Waals surface area contributed by atoms with Crippen LogP contribution in [-0.4, -0.2) is 60.2 Å². The molecule has 8 heteroatoms. The van der Waals surface area contributed by atoms with Crippen molar-refractivity contribution in [3.8, 4) is 0 Å². The average molecular weight is 384 g/mol. The summed E-state index contributed by atoms with van der Waals surface area (Å²) >= 11 is 6.03. The van der Waals surface area contributed by atoms with E-state index in [2.05, 4.69) is 24.8 Å². The van der Waals surface area contributed by atoms with Crippen molar-refractivity contribution in [3.05, 3.63) is 41.2 Å². The third-order valence-corrected chi connectivity index (χ3v) is 4.88. The van der Waals surface area contributed by atoms with Crippen LogP contribution in [0.2, 0.25) is 5.02 Å². The number of hydrogen-bond acceptors (Lipinski definition) is 7. The Labute approximate surface area is 163 Å². The third kappa shape index (κ3) is 3.73. The summed E-state index contributed by atoms with van der Waals surface area (Å²) in [4.78, 5) is 24.9. The topological polar surface area (TPSA) is 61.3 Å². The van der Waals surface area contributed by atoms with Gasteiger partial charge in [0.15, 0.2) is 0 Å². The molecule has 0 spiro atoms. The van der Waals surface area contributed by atoms with Gasteiger partial charge in [0, 0.05) is 57.1 Å². The minimum Gasteiger partial charge on any atom is -0.353 e. The molecule has 1 aliphatic rings. The molecular formula is C19H22ClN7. The summed E-state index contributed by atoms with van der Waals surface area (Å²) in [7, 11) is 3.92. The van der Waals surface area contributed by atoms with Gasteiger partial charge in [0.1, 0.15) is 11.6 Å². The van der Waals surface area contributed by atoms with Crippen molar-refractivity contribution < 1.29 is 0 Å². The molecule has 3 heterocycles. The fraction of sp³-hybridized carbons (Fsp3) is 0.368. The van der Waals surface area contributed by atoms with Crippen LogP contribution in [0.3, 0.4) is 0 Å². The predicted molar refractivity (Wildman–Crippen MR) is 110 cm³/mol. The van der Waals surface area contributed by atoms with Gasteiger partial charge in [0.05, 0.1) is 17.2 Å². The van der Waals surface area contributed by atoms with Gasteiger partial charge in [-0.25, -0.2) is 9.97 Å². The normalized spacial score (nSPS) is 14.7. The van der Waals surface area contributed by atoms with E-state index in [9.17, 15) is 0 Å². The second-order valence-electron chi connectivity index (χ2n) is 6.90. The Kier molecular flexibility index (Phi) is 4.70. The second-order valence-corrected chi connectivity index (χ2v) is 7.33. The standard InChI is InChI=1S/C19H22ClN7/c1-13-10-17(24-19(22-13)25(2)3)26-6-8-27(9-7-26)18-12-21-16-11-14(20)4-5-15(16)23-18/h4-5,10-12H,6-9H2,1-3H3. The quantitative estimate of drug-likeness (QED) is 0.689. The van der Waals surface area contributed by atoms with E-state index >= 15 is 0 Å². The number of benzene rings is 1. The monoisotopic (exact) mass is 383 g/mol. The van der Waals surface area contributed by atoms with Crippen LogP contribution in [0, 0.1) is 6.92 Å². The van der Waals surface area contributed by atoms with Crippen LogP contribution >= 0.6 is 11.6 Å². The Morgan fingerprint density at radius 3 is 2.30 bits per heavy atom. The summed E-state index contributed by atoms with van der Waals surface area (Å²) in [6, 6.07) is 7.64. The Balaban J connectivity index is 1.50. The molecule has 7 nitrogen and oxygen atoms in total. The maximum atomic E-state index is 6.03. The van der Waals surface area contributed by atoms with E-state index < -0.39 is 0 Å². The number of fused-ring (bicyclic) bond motifs is 1. The van der Waals surface area contributed by atoms with Crippen molar-refractivity contribution >= 4 is 40.2 Å². The zero-order valence-corrected chi connectivity index (χ0v) is 16.5. The number of aryl methyl sites for hydroxylation is 1. The number of halogens is 1. The lowest BCUT2D eigenvalue weighted by Gasteiger charge is -2.36. The van der Waals surface area contributed by atoms with Crippen molar-refractivity contribution in [1.82, 2.24) is 19.9 Å². The molecule has 140 valence electrons. The highest BCUT2D eigenvalue weighted by molar-refractivity contribution is 6.31. The molecule has 0 atom stereocenters. The molecular weight excluding hydrogens is 362 g/mol. The Bertz CT molecular complexity index is 967. The SMILES string of the molecule is Cc1cc(N2CCN(c3cnc4cc(Cl)ccc4n3)CC2)nc(N(C)C)n1. The number of piperazine rings is 1. The summed E-state index contributed by atoms with van der Waals surface area (Å²) < 4.78 is 0. The highest BCUT2D eigenvalue weighted by Crippen LogP contribution is 2.22. The molecule has 1 saturated heterocycles. The van der Waals surface area contributed by atoms with Crippen molar-refractivity contribution in [2.24, 2.45) is 0 Å². The van der Waals surface area contributed by atoms with Gasteiger partial charge in [-0.05, 0) is 25.1 Å². The molecule has 0 radical (unpaired) electrons. The Hall–Kier alpha value is -2.67. The van der Waals surface area contributed by atoms with E-state index in [4.69, 9.17) is 16.6 Å². The first-order valence-electron chi connectivity index (χ1n) is 8.95. The van der Waals surface area contributed by atoms with Crippen molar-refractivity contribution in [2.75, 3.05) is 55.0 Å². The molecule has 2 aromatic heterocycles. The summed E-state index contributed by atoms with van der Waals surface area (Å²) in [6.45, 7) is 5.50. The number of hydrogen-bond donors (Lipinski definition) is 0. The van der Waals surface area contributed by atoms with Crippen molar-refractivity contribution in [1.29, 1.82) is 0 Å². The minimum absolute atomic E-state index is 0.676. The molecule has 27 heavy (non-hydrogen) atoms. The van der Waals surface area contributed by atoms with Crippen molar-refractivity contribution in [3.63, 3.8) is 0 Å². The van der Waals surface area contributed by atoms with E-state index in [1.807, 2.05) is 56.4 Å². The lowest BCUT2D eigenvalue weighted by atomic mass is 10.2. The van der Waals surface area contributed by atoms with E-state index in [1.165, 1.54) is 0 Å². The second kappa shape index (κ2) is 7.15. The van der Waals surface area contributed by atoms with E-state index in [-0.39, 0.29) is 0 Å². The van der Waals surface area contributed by atoms with Gasteiger partial charge in [-0.15, -0.1) is 0 Å². The summed E-state index contributed by atoms with van der Waals surface area (Å²) in [5.74, 6) is 2.62. The maximum Gasteiger partial charge on any atom is 0.226 e. The summed E-state index contributed by atoms with van der Waals surface area (Å²) in [5, 5.41) is 0.676. The van der Waals surface area contributed by atoms with Crippen LogP contribution < -0.4 is 14.7 Å². The van der Waals surface area contributed by atoms with Gasteiger partial charge in [-0.2, -0.15) is 4.98 Å². The highest BCUT2D eigenvalue weighted by atomic mass is 35.5. The number of rotatable bonds is 3. The van der Waals surface area contributed by atoms with E-state index in [0.717, 1.165) is 60.5 Å². The molecule has 0 bridgehead atoms. The summed E-state index contributed by atoms with van der Waals surface area (Å²) in [6.07, 6.45) is 1.83. The van der Waals surface area contributed by atoms with E-state index in [1.54, 1.807) is 0 Å². The molecule has 0 N–H and O–H groups in total. The average Bonchev–Trinajstić information content (AvgIpc) is 2.67. The zero-order chi connectivity index (χ0) is 19.0. The van der Waals surface area contributed by atoms with Crippen LogP contribution in [0.15, 0.2) is 30.5 Å². The lowest BCUT2D eigenvalue weighted by Crippen LogP contribution is -2.47. The first-order valence-corrected chi connectivity index (χ1v) is 9.32. The number of anilines is 3. The maximum absolute atomic E-state index is 6.03. The minimum atomic E-state index is 0.676. The molecule has 0 aliphatic carbocycles. The fourth-order valence-electron chi connectivity index (χ4n) is 3.19. The number of aromatic nitrogens is 4. The molecule has 0 unspecified atom stereocenters. The van der Waals surface area contributed by atoms with Crippen LogP contribution in [0.25, 0.3) is 11.0 Å². The van der Waals surface area contributed by atoms with Crippen LogP contribution in [0.4, 0.5) is 17.6 Å². The molecule has 0 saturated carbocycles. The van der Waals surface area contributed by atoms with Gasteiger partial charge in [-0.3, -0.25) is 4.98 Å². The smallest absolute Gasteiger partial charge is 0.226 e. The van der Waals surface area contributed by atoms with Gasteiger partial charge >= 0.3 is 0 Å². The largest absolute Gasteiger partial charge is 0.353 e. The van der Waals surface area contributed by atoms with E-state index in [0.29, 0.717) is 5.02 Å². The van der Waals surface area contributed by atoms with Gasteiger partial charge in [-0.1, -0.05) is 11.6 Å². The predicted octanol–water partition coefficient (Wildman–Crippen LogP) is 2.77.